The number of piperidine rings is 1. The van der Waals surface area contributed by atoms with Crippen molar-refractivity contribution in [2.75, 3.05) is 59.2 Å². The SMILES string of the molecule is CNc1ccc(C(=O)CC(O)CCC(C)C2OC(=O)CC(O)CC(=O)CC(O)CC(O)CC(O)CC(O)CC3(O)CC(O)C(C(=O)NCCN(C)C)C(CC(O[C@@H]4O[C@H](C)[C@@H](O)[C@H](NC(=O)CCN5CCCCC5)[C@@H]4O)/C=C/C=C/C=C/C=C\C=C/C=C/C=C/C2C)O3)cc1. The van der Waals surface area contributed by atoms with Crippen LogP contribution in [0.3, 0.4) is 0 Å². The molecular formula is C71H109N5O19. The summed E-state index contributed by atoms with van der Waals surface area (Å²) in [7, 11) is 5.40. The molecule has 2 bridgehead atoms. The monoisotopic (exact) mass is 1340 g/mol. The number of esters is 1. The van der Waals surface area contributed by atoms with Gasteiger partial charge in [0.15, 0.2) is 17.9 Å². The minimum Gasteiger partial charge on any atom is -0.461 e. The van der Waals surface area contributed by atoms with Gasteiger partial charge in [-0.15, -0.1) is 0 Å². The number of aliphatic hydroxyl groups excluding tert-OH is 9. The van der Waals surface area contributed by atoms with E-state index in [1.807, 2.05) is 38.9 Å². The highest BCUT2D eigenvalue weighted by atomic mass is 16.7. The number of carbonyl (C=O) groups excluding carboxylic acids is 5. The zero-order valence-electron chi connectivity index (χ0n) is 56.2. The van der Waals surface area contributed by atoms with E-state index >= 15 is 0 Å². The lowest BCUT2D eigenvalue weighted by molar-refractivity contribution is -0.307. The molecule has 1 aromatic rings. The van der Waals surface area contributed by atoms with Gasteiger partial charge in [-0.25, -0.2) is 0 Å². The maximum Gasteiger partial charge on any atom is 0.308 e. The number of nitrogens with zero attached hydrogens (tertiary/aromatic N) is 2. The van der Waals surface area contributed by atoms with Gasteiger partial charge in [-0.3, -0.25) is 24.0 Å². The Balaban J connectivity index is 1.38. The first-order valence-corrected chi connectivity index (χ1v) is 33.7. The second-order valence-electron chi connectivity index (χ2n) is 26.3. The predicted molar refractivity (Wildman–Crippen MR) is 358 cm³/mol. The van der Waals surface area contributed by atoms with Crippen molar-refractivity contribution in [3.8, 4) is 0 Å². The number of likely N-dealkylation sites (tertiary alicyclic amines) is 1. The number of hydrogen-bond donors (Lipinski definition) is 13. The molecule has 4 aliphatic heterocycles. The molecule has 1 aromatic carbocycles. The summed E-state index contributed by atoms with van der Waals surface area (Å²) in [4.78, 5) is 71.0. The number of amides is 2. The number of nitrogens with one attached hydrogen (secondary N) is 3. The lowest BCUT2D eigenvalue weighted by Crippen LogP contribution is -2.64. The van der Waals surface area contributed by atoms with E-state index < -0.39 is 166 Å². The standard InChI is InChI=1S/C71H109N5O19/c1-46-22-18-15-13-11-9-7-8-10-12-14-16-19-23-58(93-70-67(89)65(66(88)48(3)92-70)74-62(86)30-34-76-32-20-17-21-33-76)43-61-64(69(90)73-31-35-75(5)6)60(85)45-71(91,95-61)44-57(83)40-55(81)38-53(79)36-52(78)37-54(80)39-56(82)42-63(87)94-68(46)47(2)24-29-51(77)41-59(84)49-25-27-50(72-4)28-26-49/h7-16,18-19,22-23,25-28,46-48,51-53,55-58,60-61,64-68,70,72,77-79,81-83,85,88-89,91H,17,20-21,24,29-45H2,1-6H3,(H,73,90)(H,74,86)/b8-7-,11-9-,12-10+,15-13+,16-14+,22-18+,23-19+/t46?,47?,48-,51?,52?,53?,55?,56?,57?,58?,60?,61?,64?,65+,66-,67+,68?,70+,71?/m1/s1. The van der Waals surface area contributed by atoms with Crippen molar-refractivity contribution in [2.45, 2.75) is 221 Å². The molecule has 0 spiro atoms. The first-order chi connectivity index (χ1) is 45.2. The van der Waals surface area contributed by atoms with Gasteiger partial charge in [-0.1, -0.05) is 105 Å². The summed E-state index contributed by atoms with van der Waals surface area (Å²) in [5.74, 6) is -6.98. The van der Waals surface area contributed by atoms with Crippen LogP contribution in [0.5, 0.6) is 0 Å². The van der Waals surface area contributed by atoms with Gasteiger partial charge in [0.05, 0.1) is 79.4 Å². The molecule has 5 rings (SSSR count). The Hall–Kier alpha value is -5.65. The van der Waals surface area contributed by atoms with Crippen molar-refractivity contribution in [1.82, 2.24) is 20.4 Å². The lowest BCUT2D eigenvalue weighted by Gasteiger charge is -2.46. The highest BCUT2D eigenvalue weighted by Gasteiger charge is 2.51. The van der Waals surface area contributed by atoms with Crippen LogP contribution in [0.25, 0.3) is 0 Å². The number of likely N-dealkylation sites (N-methyl/N-ethyl adjacent to an activating group) is 1. The summed E-state index contributed by atoms with van der Waals surface area (Å²) >= 11 is 0. The number of ether oxygens (including phenoxy) is 4. The summed E-state index contributed by atoms with van der Waals surface area (Å²) in [5, 5.41) is 122. The fourth-order valence-electron chi connectivity index (χ4n) is 12.4. The number of anilines is 1. The van der Waals surface area contributed by atoms with Crippen LogP contribution < -0.4 is 16.0 Å². The van der Waals surface area contributed by atoms with Crippen molar-refractivity contribution in [2.24, 2.45) is 17.8 Å². The molecule has 19 atom stereocenters. The van der Waals surface area contributed by atoms with Crippen LogP contribution in [0.4, 0.5) is 5.69 Å². The van der Waals surface area contributed by atoms with Gasteiger partial charge >= 0.3 is 5.97 Å². The topological polar surface area (TPSA) is 367 Å². The Labute approximate surface area is 560 Å². The molecule has 2 amide bonds. The molecule has 24 heteroatoms. The number of ketones is 2. The van der Waals surface area contributed by atoms with Crippen LogP contribution in [0, 0.1) is 17.8 Å². The molecule has 3 fully saturated rings. The van der Waals surface area contributed by atoms with E-state index in [2.05, 4.69) is 20.9 Å². The van der Waals surface area contributed by atoms with Gasteiger partial charge < -0.3 is 95.8 Å². The summed E-state index contributed by atoms with van der Waals surface area (Å²) in [6.07, 6.45) is 5.77. The van der Waals surface area contributed by atoms with Crippen molar-refractivity contribution in [3.63, 3.8) is 0 Å². The number of fused-ring (bicyclic) bond motifs is 2. The molecule has 13 N–H and O–H groups in total. The maximum atomic E-state index is 14.1. The van der Waals surface area contributed by atoms with Gasteiger partial charge in [0.1, 0.15) is 24.1 Å². The zero-order chi connectivity index (χ0) is 69.6. The van der Waals surface area contributed by atoms with Crippen LogP contribution in [0.15, 0.2) is 109 Å². The van der Waals surface area contributed by atoms with E-state index in [-0.39, 0.29) is 62.2 Å². The van der Waals surface area contributed by atoms with Gasteiger partial charge in [0.25, 0.3) is 0 Å². The number of rotatable bonds is 18. The Morgan fingerprint density at radius 2 is 1.32 bits per heavy atom. The molecule has 95 heavy (non-hydrogen) atoms. The van der Waals surface area contributed by atoms with Gasteiger partial charge in [0.2, 0.25) is 11.8 Å². The molecule has 0 radical (unpaired) electrons. The minimum atomic E-state index is -2.32. The molecule has 24 nitrogen and oxygen atoms in total. The van der Waals surface area contributed by atoms with Crippen LogP contribution in [-0.4, -0.2) is 242 Å². The number of benzene rings is 1. The van der Waals surface area contributed by atoms with Crippen molar-refractivity contribution in [3.05, 3.63) is 115 Å². The Bertz CT molecular complexity index is 2720. The number of carbonyl (C=O) groups is 5. The van der Waals surface area contributed by atoms with E-state index in [4.69, 9.17) is 18.9 Å². The van der Waals surface area contributed by atoms with Gasteiger partial charge in [-0.05, 0) is 109 Å². The van der Waals surface area contributed by atoms with Crippen LogP contribution in [-0.2, 0) is 38.1 Å². The van der Waals surface area contributed by atoms with E-state index in [1.54, 1.807) is 117 Å². The number of hydrogen-bond acceptors (Lipinski definition) is 22. The highest BCUT2D eigenvalue weighted by molar-refractivity contribution is 5.96. The number of Topliss-reactive ketones (excluding diaryl/α,β-unsaturated/α-hetero) is 2. The summed E-state index contributed by atoms with van der Waals surface area (Å²) in [6.45, 7) is 8.16. The Kier molecular flexibility index (Phi) is 35.0. The first-order valence-electron chi connectivity index (χ1n) is 33.7. The third kappa shape index (κ3) is 29.1. The fourth-order valence-corrected chi connectivity index (χ4v) is 12.4. The summed E-state index contributed by atoms with van der Waals surface area (Å²) in [6, 6.07) is 5.71. The molecule has 14 unspecified atom stereocenters. The zero-order valence-corrected chi connectivity index (χ0v) is 56.2. The van der Waals surface area contributed by atoms with Crippen LogP contribution in [0.1, 0.15) is 134 Å². The van der Waals surface area contributed by atoms with Crippen molar-refractivity contribution >= 4 is 35.0 Å². The Morgan fingerprint density at radius 3 is 1.94 bits per heavy atom. The molecule has 4 aliphatic rings. The smallest absolute Gasteiger partial charge is 0.308 e. The molecule has 4 heterocycles. The van der Waals surface area contributed by atoms with Gasteiger partial charge in [-0.2, -0.15) is 0 Å². The molecule has 3 saturated heterocycles. The minimum absolute atomic E-state index is 0.108. The van der Waals surface area contributed by atoms with E-state index in [9.17, 15) is 75.0 Å². The summed E-state index contributed by atoms with van der Waals surface area (Å²) in [5.41, 5.74) is 1.30. The van der Waals surface area contributed by atoms with Crippen molar-refractivity contribution < 1.29 is 94.0 Å². The molecular weight excluding hydrogens is 1230 g/mol. The molecule has 0 saturated carbocycles. The fraction of sp³-hybridized carbons (Fsp3) is 0.648. The average Bonchev–Trinajstić information content (AvgIpc) is 0.793. The second-order valence-corrected chi connectivity index (χ2v) is 26.3. The molecule has 532 valence electrons. The van der Waals surface area contributed by atoms with E-state index in [0.29, 0.717) is 25.1 Å². The predicted octanol–water partition coefficient (Wildman–Crippen LogP) is 3.37. The Morgan fingerprint density at radius 1 is 0.726 bits per heavy atom. The normalized spacial score (nSPS) is 35.0. The third-order valence-electron chi connectivity index (χ3n) is 17.6. The second kappa shape index (κ2) is 41.6. The van der Waals surface area contributed by atoms with Crippen molar-refractivity contribution in [1.29, 1.82) is 0 Å². The quantitative estimate of drug-likeness (QED) is 0.0740. The van der Waals surface area contributed by atoms with E-state index in [1.165, 1.54) is 0 Å². The van der Waals surface area contributed by atoms with Gasteiger partial charge in [0, 0.05) is 88.8 Å². The molecule has 0 aliphatic carbocycles. The van der Waals surface area contributed by atoms with E-state index in [0.717, 1.165) is 38.0 Å². The van der Waals surface area contributed by atoms with Crippen LogP contribution >= 0.6 is 0 Å². The summed E-state index contributed by atoms with van der Waals surface area (Å²) < 4.78 is 24.8. The highest BCUT2D eigenvalue weighted by Crippen LogP contribution is 2.38. The van der Waals surface area contributed by atoms with Crippen LogP contribution in [0.2, 0.25) is 0 Å². The average molecular weight is 1340 g/mol. The number of allylic oxidation sites excluding steroid dienone is 12. The molecule has 0 aromatic heterocycles. The lowest BCUT2D eigenvalue weighted by atomic mass is 9.82. The first kappa shape index (κ1) is 80.0. The maximum absolute atomic E-state index is 14.1. The number of aliphatic hydroxyl groups is 10. The largest absolute Gasteiger partial charge is 0.461 e. The number of cyclic esters (lactones) is 1. The third-order valence-corrected chi connectivity index (χ3v) is 17.6.